The van der Waals surface area contributed by atoms with E-state index < -0.39 is 0 Å². The van der Waals surface area contributed by atoms with E-state index >= 15 is 0 Å². The molecule has 0 amide bonds. The molecule has 1 saturated heterocycles. The fraction of sp³-hybridized carbons (Fsp3) is 1.00. The Labute approximate surface area is 88.1 Å². The van der Waals surface area contributed by atoms with Gasteiger partial charge in [-0.25, -0.2) is 0 Å². The van der Waals surface area contributed by atoms with E-state index in [0.717, 1.165) is 5.41 Å². The largest absolute Gasteiger partial charge is 0.314 e. The number of hydrogen-bond acceptors (Lipinski definition) is 2. The lowest BCUT2D eigenvalue weighted by Gasteiger charge is -2.43. The fourth-order valence-electron chi connectivity index (χ4n) is 2.79. The van der Waals surface area contributed by atoms with Gasteiger partial charge in [0.1, 0.15) is 0 Å². The number of nitrogens with zero attached hydrogens (tertiary/aromatic N) is 1. The highest BCUT2D eigenvalue weighted by molar-refractivity contribution is 4.87. The van der Waals surface area contributed by atoms with E-state index in [9.17, 15) is 0 Å². The molecule has 1 aliphatic carbocycles. The highest BCUT2D eigenvalue weighted by Gasteiger charge is 2.34. The summed E-state index contributed by atoms with van der Waals surface area (Å²) < 4.78 is 0. The molecule has 0 radical (unpaired) electrons. The van der Waals surface area contributed by atoms with Gasteiger partial charge in [-0.15, -0.1) is 0 Å². The molecule has 14 heavy (non-hydrogen) atoms. The summed E-state index contributed by atoms with van der Waals surface area (Å²) in [5, 5.41) is 3.41. The molecule has 2 aliphatic rings. The predicted molar refractivity (Wildman–Crippen MR) is 60.5 cm³/mol. The molecule has 82 valence electrons. The molecule has 2 fully saturated rings. The van der Waals surface area contributed by atoms with Gasteiger partial charge in [-0.1, -0.05) is 19.8 Å². The average Bonchev–Trinajstić information content (AvgIpc) is 2.19. The van der Waals surface area contributed by atoms with Crippen LogP contribution in [0.5, 0.6) is 0 Å². The Hall–Kier alpha value is -0.0800. The van der Waals surface area contributed by atoms with E-state index in [4.69, 9.17) is 0 Å². The van der Waals surface area contributed by atoms with Gasteiger partial charge < -0.3 is 10.2 Å². The van der Waals surface area contributed by atoms with Crippen molar-refractivity contribution in [1.82, 2.24) is 10.2 Å². The second-order valence-corrected chi connectivity index (χ2v) is 5.05. The van der Waals surface area contributed by atoms with Crippen molar-refractivity contribution < 1.29 is 0 Å². The number of nitrogens with one attached hydrogen (secondary N) is 1. The zero-order chi connectivity index (χ0) is 9.86. The van der Waals surface area contributed by atoms with Crippen molar-refractivity contribution in [3.8, 4) is 0 Å². The van der Waals surface area contributed by atoms with Crippen LogP contribution in [0.3, 0.4) is 0 Å². The van der Waals surface area contributed by atoms with Gasteiger partial charge in [0.15, 0.2) is 0 Å². The van der Waals surface area contributed by atoms with Crippen LogP contribution < -0.4 is 5.32 Å². The number of hydrogen-bond donors (Lipinski definition) is 1. The van der Waals surface area contributed by atoms with Crippen molar-refractivity contribution >= 4 is 0 Å². The van der Waals surface area contributed by atoms with E-state index in [-0.39, 0.29) is 0 Å². The highest BCUT2D eigenvalue weighted by Crippen LogP contribution is 2.46. The van der Waals surface area contributed by atoms with Crippen molar-refractivity contribution in [2.24, 2.45) is 5.41 Å². The van der Waals surface area contributed by atoms with Crippen LogP contribution in [0.1, 0.15) is 39.0 Å². The summed E-state index contributed by atoms with van der Waals surface area (Å²) in [4.78, 5) is 2.63. The molecule has 0 aromatic rings. The minimum absolute atomic E-state index is 0.755. The standard InChI is InChI=1S/C12H24N2/c1-2-12(4-3-5-12)6-9-14-10-7-13-8-11-14/h13H,2-11H2,1H3. The minimum atomic E-state index is 0.755. The summed E-state index contributed by atoms with van der Waals surface area (Å²) in [6.45, 7) is 8.63. The van der Waals surface area contributed by atoms with Gasteiger partial charge in [0, 0.05) is 26.2 Å². The number of rotatable bonds is 4. The normalized spacial score (nSPS) is 27.2. The Balaban J connectivity index is 1.69. The highest BCUT2D eigenvalue weighted by atomic mass is 15.2. The zero-order valence-electron chi connectivity index (χ0n) is 9.52. The van der Waals surface area contributed by atoms with Gasteiger partial charge in [-0.2, -0.15) is 0 Å². The maximum absolute atomic E-state index is 3.41. The average molecular weight is 196 g/mol. The third-order valence-electron chi connectivity index (χ3n) is 4.33. The van der Waals surface area contributed by atoms with Crippen LogP contribution in [-0.4, -0.2) is 37.6 Å². The van der Waals surface area contributed by atoms with E-state index in [0.29, 0.717) is 0 Å². The van der Waals surface area contributed by atoms with Gasteiger partial charge in [-0.3, -0.25) is 0 Å². The molecule has 1 saturated carbocycles. The smallest absolute Gasteiger partial charge is 0.0107 e. The van der Waals surface area contributed by atoms with Crippen LogP contribution in [0.4, 0.5) is 0 Å². The van der Waals surface area contributed by atoms with Crippen LogP contribution in [0.25, 0.3) is 0 Å². The molecule has 2 heteroatoms. The molecule has 0 aromatic carbocycles. The van der Waals surface area contributed by atoms with Crippen LogP contribution >= 0.6 is 0 Å². The van der Waals surface area contributed by atoms with Gasteiger partial charge >= 0.3 is 0 Å². The van der Waals surface area contributed by atoms with Crippen molar-refractivity contribution in [2.45, 2.75) is 39.0 Å². The SMILES string of the molecule is CCC1(CCN2CCNCC2)CCC1. The first-order valence-corrected chi connectivity index (χ1v) is 6.28. The molecule has 0 spiro atoms. The molecule has 2 rings (SSSR count). The van der Waals surface area contributed by atoms with Crippen molar-refractivity contribution in [3.63, 3.8) is 0 Å². The van der Waals surface area contributed by atoms with Crippen molar-refractivity contribution in [1.29, 1.82) is 0 Å². The molecular formula is C12H24N2. The molecule has 1 heterocycles. The summed E-state index contributed by atoms with van der Waals surface area (Å²) >= 11 is 0. The summed E-state index contributed by atoms with van der Waals surface area (Å²) in [5.74, 6) is 0. The molecule has 0 aromatic heterocycles. The molecular weight excluding hydrogens is 172 g/mol. The van der Waals surface area contributed by atoms with E-state index in [1.54, 1.807) is 0 Å². The Morgan fingerprint density at radius 1 is 1.21 bits per heavy atom. The Bertz CT molecular complexity index is 164. The molecule has 1 N–H and O–H groups in total. The first-order chi connectivity index (χ1) is 6.85. The van der Waals surface area contributed by atoms with Crippen LogP contribution in [0.2, 0.25) is 0 Å². The van der Waals surface area contributed by atoms with Crippen LogP contribution in [0.15, 0.2) is 0 Å². The third-order valence-corrected chi connectivity index (χ3v) is 4.33. The van der Waals surface area contributed by atoms with Crippen molar-refractivity contribution in [3.05, 3.63) is 0 Å². The predicted octanol–water partition coefficient (Wildman–Crippen LogP) is 1.86. The van der Waals surface area contributed by atoms with Gasteiger partial charge in [-0.05, 0) is 31.2 Å². The Morgan fingerprint density at radius 3 is 2.43 bits per heavy atom. The molecule has 2 nitrogen and oxygen atoms in total. The van der Waals surface area contributed by atoms with Crippen LogP contribution in [0, 0.1) is 5.41 Å². The van der Waals surface area contributed by atoms with Gasteiger partial charge in [0.25, 0.3) is 0 Å². The lowest BCUT2D eigenvalue weighted by atomic mass is 9.65. The van der Waals surface area contributed by atoms with E-state index in [2.05, 4.69) is 17.1 Å². The third kappa shape index (κ3) is 2.29. The number of piperazine rings is 1. The lowest BCUT2D eigenvalue weighted by Crippen LogP contribution is -2.45. The van der Waals surface area contributed by atoms with Gasteiger partial charge in [0.2, 0.25) is 0 Å². The van der Waals surface area contributed by atoms with Crippen molar-refractivity contribution in [2.75, 3.05) is 32.7 Å². The van der Waals surface area contributed by atoms with E-state index in [1.807, 2.05) is 0 Å². The Morgan fingerprint density at radius 2 is 1.93 bits per heavy atom. The van der Waals surface area contributed by atoms with Crippen LogP contribution in [-0.2, 0) is 0 Å². The second kappa shape index (κ2) is 4.63. The molecule has 0 bridgehead atoms. The quantitative estimate of drug-likeness (QED) is 0.738. The van der Waals surface area contributed by atoms with E-state index in [1.165, 1.54) is 64.8 Å². The molecule has 0 atom stereocenters. The first kappa shape index (κ1) is 10.4. The maximum Gasteiger partial charge on any atom is 0.0107 e. The zero-order valence-corrected chi connectivity index (χ0v) is 9.52. The maximum atomic E-state index is 3.41. The summed E-state index contributed by atoms with van der Waals surface area (Å²) in [7, 11) is 0. The Kier molecular flexibility index (Phi) is 3.45. The molecule has 1 aliphatic heterocycles. The monoisotopic (exact) mass is 196 g/mol. The minimum Gasteiger partial charge on any atom is -0.314 e. The first-order valence-electron chi connectivity index (χ1n) is 6.28. The summed E-state index contributed by atoms with van der Waals surface area (Å²) in [5.41, 5.74) is 0.755. The fourth-order valence-corrected chi connectivity index (χ4v) is 2.79. The summed E-state index contributed by atoms with van der Waals surface area (Å²) in [6, 6.07) is 0. The lowest BCUT2D eigenvalue weighted by molar-refractivity contribution is 0.0883. The summed E-state index contributed by atoms with van der Waals surface area (Å²) in [6.07, 6.45) is 7.32. The molecule has 0 unspecified atom stereocenters. The second-order valence-electron chi connectivity index (χ2n) is 5.05. The topological polar surface area (TPSA) is 15.3 Å². The van der Waals surface area contributed by atoms with Gasteiger partial charge in [0.05, 0.1) is 0 Å².